The Labute approximate surface area is 181 Å². The molecule has 0 aliphatic carbocycles. The van der Waals surface area contributed by atoms with Crippen molar-refractivity contribution in [2.45, 2.75) is 19.0 Å². The molecule has 5 rings (SSSR count). The molecule has 3 amide bonds. The number of nitrogens with zero attached hydrogens (tertiary/aromatic N) is 3. The van der Waals surface area contributed by atoms with Crippen LogP contribution in [0.4, 0.5) is 10.5 Å². The van der Waals surface area contributed by atoms with Crippen LogP contribution >= 0.6 is 0 Å². The lowest BCUT2D eigenvalue weighted by Gasteiger charge is -2.35. The summed E-state index contributed by atoms with van der Waals surface area (Å²) >= 11 is 0. The molecular formula is C23H26N4O4. The van der Waals surface area contributed by atoms with Gasteiger partial charge < -0.3 is 24.6 Å². The number of carbonyl (C=O) groups is 2. The van der Waals surface area contributed by atoms with Gasteiger partial charge in [-0.15, -0.1) is 0 Å². The topological polar surface area (TPSA) is 74.4 Å². The van der Waals surface area contributed by atoms with Gasteiger partial charge in [0.15, 0.2) is 11.5 Å². The molecule has 0 radical (unpaired) electrons. The summed E-state index contributed by atoms with van der Waals surface area (Å²) in [7, 11) is 0. The lowest BCUT2D eigenvalue weighted by molar-refractivity contribution is -0.117. The van der Waals surface area contributed by atoms with E-state index in [0.29, 0.717) is 26.1 Å². The molecule has 0 unspecified atom stereocenters. The van der Waals surface area contributed by atoms with Crippen LogP contribution in [0.5, 0.6) is 11.5 Å². The predicted octanol–water partition coefficient (Wildman–Crippen LogP) is 2.05. The molecule has 1 N–H and O–H groups in total. The first kappa shape index (κ1) is 19.7. The van der Waals surface area contributed by atoms with E-state index in [-0.39, 0.29) is 24.8 Å². The van der Waals surface area contributed by atoms with Crippen molar-refractivity contribution in [1.29, 1.82) is 0 Å². The van der Waals surface area contributed by atoms with Crippen molar-refractivity contribution < 1.29 is 19.1 Å². The normalized spacial score (nSPS) is 20.9. The van der Waals surface area contributed by atoms with E-state index in [9.17, 15) is 9.59 Å². The van der Waals surface area contributed by atoms with Crippen LogP contribution in [0.25, 0.3) is 0 Å². The molecule has 3 heterocycles. The predicted molar refractivity (Wildman–Crippen MR) is 115 cm³/mol. The smallest absolute Gasteiger partial charge is 0.317 e. The molecule has 2 aromatic carbocycles. The number of para-hydroxylation sites is 1. The van der Waals surface area contributed by atoms with Crippen molar-refractivity contribution in [2.24, 2.45) is 0 Å². The number of nitrogens with one attached hydrogen (secondary N) is 1. The summed E-state index contributed by atoms with van der Waals surface area (Å²) in [5.74, 6) is 1.64. The van der Waals surface area contributed by atoms with E-state index in [2.05, 4.69) is 16.3 Å². The number of benzene rings is 2. The lowest BCUT2D eigenvalue weighted by Crippen LogP contribution is -2.53. The zero-order valence-electron chi connectivity index (χ0n) is 17.3. The van der Waals surface area contributed by atoms with Gasteiger partial charge in [-0.25, -0.2) is 4.79 Å². The number of ether oxygens (including phenoxy) is 2. The summed E-state index contributed by atoms with van der Waals surface area (Å²) in [6.45, 7) is 4.55. The second kappa shape index (κ2) is 8.47. The summed E-state index contributed by atoms with van der Waals surface area (Å²) in [6, 6.07) is 15.4. The van der Waals surface area contributed by atoms with Gasteiger partial charge >= 0.3 is 6.03 Å². The number of carbonyl (C=O) groups excluding carboxylic acids is 2. The van der Waals surface area contributed by atoms with Gasteiger partial charge in [0.05, 0.1) is 6.04 Å². The molecule has 0 aromatic heterocycles. The van der Waals surface area contributed by atoms with Crippen LogP contribution < -0.4 is 19.7 Å². The number of amides is 3. The minimum absolute atomic E-state index is 0.0463. The van der Waals surface area contributed by atoms with E-state index in [1.165, 1.54) is 5.56 Å². The summed E-state index contributed by atoms with van der Waals surface area (Å²) in [4.78, 5) is 31.0. The van der Waals surface area contributed by atoms with Gasteiger partial charge in [0, 0.05) is 51.4 Å². The Bertz CT molecular complexity index is 959. The Morgan fingerprint density at radius 3 is 2.58 bits per heavy atom. The van der Waals surface area contributed by atoms with E-state index in [1.807, 2.05) is 47.4 Å². The van der Waals surface area contributed by atoms with E-state index in [1.54, 1.807) is 4.90 Å². The molecule has 31 heavy (non-hydrogen) atoms. The highest BCUT2D eigenvalue weighted by Crippen LogP contribution is 2.32. The quantitative estimate of drug-likeness (QED) is 0.816. The lowest BCUT2D eigenvalue weighted by atomic mass is 10.1. The summed E-state index contributed by atoms with van der Waals surface area (Å²) in [5, 5.41) is 3.05. The maximum Gasteiger partial charge on any atom is 0.317 e. The maximum atomic E-state index is 12.7. The molecule has 2 fully saturated rings. The first-order valence-corrected chi connectivity index (χ1v) is 10.7. The molecule has 8 heteroatoms. The highest BCUT2D eigenvalue weighted by Gasteiger charge is 2.33. The van der Waals surface area contributed by atoms with Crippen molar-refractivity contribution in [1.82, 2.24) is 15.1 Å². The van der Waals surface area contributed by atoms with Crippen molar-refractivity contribution in [3.8, 4) is 11.5 Å². The van der Waals surface area contributed by atoms with Crippen molar-refractivity contribution in [3.05, 3.63) is 54.1 Å². The molecule has 2 aromatic rings. The standard InChI is InChI=1S/C23H26N4O4/c28-22-13-18(15-27(22)19-4-2-1-3-5-19)24-23(29)26-10-8-25(9-11-26)14-17-6-7-20-21(12-17)31-16-30-20/h1-7,12,18H,8-11,13-16H2,(H,24,29)/t18-/m1/s1. The number of hydrogen-bond acceptors (Lipinski definition) is 5. The second-order valence-corrected chi connectivity index (χ2v) is 8.14. The molecule has 1 atom stereocenters. The minimum atomic E-state index is -0.160. The van der Waals surface area contributed by atoms with E-state index in [4.69, 9.17) is 9.47 Å². The van der Waals surface area contributed by atoms with Crippen LogP contribution in [0.2, 0.25) is 0 Å². The SMILES string of the molecule is O=C(N[C@@H]1CC(=O)N(c2ccccc2)C1)N1CCN(Cc2ccc3c(c2)OCO3)CC1. The number of rotatable bonds is 4. The fraction of sp³-hybridized carbons (Fsp3) is 0.391. The van der Waals surface area contributed by atoms with Gasteiger partial charge in [-0.1, -0.05) is 24.3 Å². The van der Waals surface area contributed by atoms with Gasteiger partial charge in [-0.3, -0.25) is 9.69 Å². The molecule has 0 spiro atoms. The van der Waals surface area contributed by atoms with Crippen LogP contribution in [-0.2, 0) is 11.3 Å². The molecular weight excluding hydrogens is 396 g/mol. The molecule has 0 saturated carbocycles. The minimum Gasteiger partial charge on any atom is -0.454 e. The van der Waals surface area contributed by atoms with E-state index < -0.39 is 0 Å². The van der Waals surface area contributed by atoms with Gasteiger partial charge in [-0.2, -0.15) is 0 Å². The number of hydrogen-bond donors (Lipinski definition) is 1. The van der Waals surface area contributed by atoms with Gasteiger partial charge in [0.25, 0.3) is 0 Å². The van der Waals surface area contributed by atoms with Crippen LogP contribution in [0.3, 0.4) is 0 Å². The monoisotopic (exact) mass is 422 g/mol. The molecule has 162 valence electrons. The average Bonchev–Trinajstić information content (AvgIpc) is 3.40. The van der Waals surface area contributed by atoms with E-state index >= 15 is 0 Å². The largest absolute Gasteiger partial charge is 0.454 e. The summed E-state index contributed by atoms with van der Waals surface area (Å²) < 4.78 is 10.8. The van der Waals surface area contributed by atoms with E-state index in [0.717, 1.165) is 36.8 Å². The second-order valence-electron chi connectivity index (χ2n) is 8.14. The molecule has 8 nitrogen and oxygen atoms in total. The van der Waals surface area contributed by atoms with Gasteiger partial charge in [0.1, 0.15) is 0 Å². The zero-order valence-corrected chi connectivity index (χ0v) is 17.3. The Kier molecular flexibility index (Phi) is 5.38. The fourth-order valence-electron chi connectivity index (χ4n) is 4.33. The third-order valence-corrected chi connectivity index (χ3v) is 6.02. The molecule has 0 bridgehead atoms. The Morgan fingerprint density at radius 2 is 1.77 bits per heavy atom. The summed E-state index contributed by atoms with van der Waals surface area (Å²) in [6.07, 6.45) is 0.338. The van der Waals surface area contributed by atoms with Crippen LogP contribution in [0.15, 0.2) is 48.5 Å². The van der Waals surface area contributed by atoms with Crippen molar-refractivity contribution in [2.75, 3.05) is 44.4 Å². The number of piperazine rings is 1. The first-order chi connectivity index (χ1) is 15.2. The number of urea groups is 1. The summed E-state index contributed by atoms with van der Waals surface area (Å²) in [5.41, 5.74) is 2.05. The molecule has 3 aliphatic heterocycles. The first-order valence-electron chi connectivity index (χ1n) is 10.7. The van der Waals surface area contributed by atoms with Gasteiger partial charge in [0.2, 0.25) is 12.7 Å². The maximum absolute atomic E-state index is 12.7. The van der Waals surface area contributed by atoms with Crippen LogP contribution in [-0.4, -0.2) is 67.3 Å². The van der Waals surface area contributed by atoms with Crippen molar-refractivity contribution in [3.63, 3.8) is 0 Å². The van der Waals surface area contributed by atoms with Crippen molar-refractivity contribution >= 4 is 17.6 Å². The highest BCUT2D eigenvalue weighted by atomic mass is 16.7. The molecule has 2 saturated heterocycles. The van der Waals surface area contributed by atoms with Crippen LogP contribution in [0.1, 0.15) is 12.0 Å². The third kappa shape index (κ3) is 4.29. The number of anilines is 1. The number of fused-ring (bicyclic) bond motifs is 1. The molecule has 3 aliphatic rings. The fourth-order valence-corrected chi connectivity index (χ4v) is 4.33. The highest BCUT2D eigenvalue weighted by molar-refractivity contribution is 5.96. The Hall–Kier alpha value is -3.26. The average molecular weight is 422 g/mol. The van der Waals surface area contributed by atoms with Gasteiger partial charge in [-0.05, 0) is 29.8 Å². The zero-order chi connectivity index (χ0) is 21.2. The third-order valence-electron chi connectivity index (χ3n) is 6.02. The van der Waals surface area contributed by atoms with Crippen LogP contribution in [0, 0.1) is 0 Å². The Balaban J connectivity index is 1.10. The Morgan fingerprint density at radius 1 is 1.00 bits per heavy atom.